The van der Waals surface area contributed by atoms with Crippen LogP contribution in [0.4, 0.5) is 0 Å². The minimum Gasteiger partial charge on any atom is -0.477 e. The van der Waals surface area contributed by atoms with Gasteiger partial charge < -0.3 is 4.74 Å². The molecular weight excluding hydrogens is 149 g/mol. The molecule has 1 aliphatic heterocycles. The summed E-state index contributed by atoms with van der Waals surface area (Å²) in [5, 5.41) is 0. The maximum absolute atomic E-state index is 5.39. The highest BCUT2D eigenvalue weighted by atomic mass is 35.5. The third kappa shape index (κ3) is 1.26. The third-order valence-electron chi connectivity index (χ3n) is 0.796. The SMILES string of the molecule is ClC(Cl)C1=NCCO1. The molecule has 2 nitrogen and oxygen atoms in total. The Balaban J connectivity index is 2.45. The molecule has 0 bridgehead atoms. The molecule has 0 aromatic heterocycles. The maximum Gasteiger partial charge on any atom is 0.217 e. The highest BCUT2D eigenvalue weighted by molar-refractivity contribution is 6.53. The predicted molar refractivity (Wildman–Crippen MR) is 33.7 cm³/mol. The molecule has 1 rings (SSSR count). The smallest absolute Gasteiger partial charge is 0.217 e. The Bertz CT molecular complexity index is 113. The van der Waals surface area contributed by atoms with Crippen molar-refractivity contribution in [2.45, 2.75) is 4.84 Å². The number of rotatable bonds is 1. The molecule has 1 aliphatic rings. The molecule has 1 heterocycles. The summed E-state index contributed by atoms with van der Waals surface area (Å²) in [6.45, 7) is 1.30. The number of halogens is 2. The van der Waals surface area contributed by atoms with Crippen LogP contribution in [-0.4, -0.2) is 23.9 Å². The molecule has 0 spiro atoms. The van der Waals surface area contributed by atoms with E-state index in [2.05, 4.69) is 4.99 Å². The van der Waals surface area contributed by atoms with Crippen molar-refractivity contribution in [1.82, 2.24) is 0 Å². The highest BCUT2D eigenvalue weighted by Crippen LogP contribution is 2.08. The summed E-state index contributed by atoms with van der Waals surface area (Å²) in [4.78, 5) is 3.28. The van der Waals surface area contributed by atoms with E-state index in [9.17, 15) is 0 Å². The van der Waals surface area contributed by atoms with Gasteiger partial charge in [0.2, 0.25) is 5.90 Å². The zero-order chi connectivity index (χ0) is 5.98. The Labute approximate surface area is 57.4 Å². The van der Waals surface area contributed by atoms with Crippen LogP contribution >= 0.6 is 23.2 Å². The lowest BCUT2D eigenvalue weighted by atomic mass is 10.7. The van der Waals surface area contributed by atoms with Gasteiger partial charge in [-0.15, -0.1) is 0 Å². The molecule has 46 valence electrons. The Morgan fingerprint density at radius 1 is 1.62 bits per heavy atom. The van der Waals surface area contributed by atoms with Gasteiger partial charge in [-0.2, -0.15) is 0 Å². The lowest BCUT2D eigenvalue weighted by molar-refractivity contribution is 0.343. The minimum absolute atomic E-state index is 0.452. The van der Waals surface area contributed by atoms with Crippen LogP contribution < -0.4 is 0 Å². The fourth-order valence-electron chi connectivity index (χ4n) is 0.484. The molecule has 0 aliphatic carbocycles. The van der Waals surface area contributed by atoms with Crippen molar-refractivity contribution in [3.63, 3.8) is 0 Å². The average Bonchev–Trinajstić information content (AvgIpc) is 2.12. The van der Waals surface area contributed by atoms with Crippen molar-refractivity contribution in [3.05, 3.63) is 0 Å². The number of hydrogen-bond donors (Lipinski definition) is 0. The van der Waals surface area contributed by atoms with Gasteiger partial charge in [0.25, 0.3) is 0 Å². The monoisotopic (exact) mass is 153 g/mol. The second kappa shape index (κ2) is 2.55. The molecule has 0 aromatic carbocycles. The van der Waals surface area contributed by atoms with E-state index in [1.165, 1.54) is 0 Å². The number of ether oxygens (including phenoxy) is 1. The summed E-state index contributed by atoms with van der Waals surface area (Å²) in [6.07, 6.45) is 0. The Kier molecular flexibility index (Phi) is 1.97. The molecule has 0 fully saturated rings. The number of aliphatic imine (C=N–C) groups is 1. The van der Waals surface area contributed by atoms with Crippen molar-refractivity contribution < 1.29 is 4.74 Å². The number of alkyl halides is 2. The minimum atomic E-state index is -0.586. The fraction of sp³-hybridized carbons (Fsp3) is 0.750. The molecular formula is C4H5Cl2NO. The van der Waals surface area contributed by atoms with Gasteiger partial charge in [-0.05, 0) is 0 Å². The highest BCUT2D eigenvalue weighted by Gasteiger charge is 2.13. The first-order chi connectivity index (χ1) is 3.80. The second-order valence-corrected chi connectivity index (χ2v) is 2.47. The largest absolute Gasteiger partial charge is 0.477 e. The van der Waals surface area contributed by atoms with Gasteiger partial charge in [-0.1, -0.05) is 23.2 Å². The number of hydrogen-bond acceptors (Lipinski definition) is 2. The number of nitrogens with zero attached hydrogens (tertiary/aromatic N) is 1. The zero-order valence-corrected chi connectivity index (χ0v) is 5.61. The molecule has 0 N–H and O–H groups in total. The van der Waals surface area contributed by atoms with Gasteiger partial charge >= 0.3 is 0 Å². The normalized spacial score (nSPS) is 18.6. The summed E-state index contributed by atoms with van der Waals surface area (Å²) in [7, 11) is 0. The van der Waals surface area contributed by atoms with E-state index >= 15 is 0 Å². The van der Waals surface area contributed by atoms with Crippen LogP contribution in [0, 0.1) is 0 Å². The van der Waals surface area contributed by atoms with Crippen LogP contribution in [0.25, 0.3) is 0 Å². The van der Waals surface area contributed by atoms with Gasteiger partial charge in [-0.3, -0.25) is 0 Å². The molecule has 0 aromatic rings. The molecule has 0 saturated carbocycles. The molecule has 0 radical (unpaired) electrons. The molecule has 0 amide bonds. The van der Waals surface area contributed by atoms with Crippen LogP contribution in [-0.2, 0) is 4.74 Å². The van der Waals surface area contributed by atoms with Crippen LogP contribution in [0.5, 0.6) is 0 Å². The summed E-state index contributed by atoms with van der Waals surface area (Å²) >= 11 is 10.8. The van der Waals surface area contributed by atoms with Crippen molar-refractivity contribution >= 4 is 29.1 Å². The van der Waals surface area contributed by atoms with Crippen LogP contribution in [0.3, 0.4) is 0 Å². The lowest BCUT2D eigenvalue weighted by Crippen LogP contribution is -2.07. The van der Waals surface area contributed by atoms with Gasteiger partial charge in [-0.25, -0.2) is 4.99 Å². The Morgan fingerprint density at radius 3 is 2.62 bits per heavy atom. The standard InChI is InChI=1S/C4H5Cl2NO/c5-3(6)4-7-1-2-8-4/h3H,1-2H2. The van der Waals surface area contributed by atoms with Gasteiger partial charge in [0.1, 0.15) is 6.61 Å². The van der Waals surface area contributed by atoms with E-state index in [0.29, 0.717) is 19.0 Å². The van der Waals surface area contributed by atoms with Crippen molar-refractivity contribution in [2.24, 2.45) is 4.99 Å². The molecule has 0 unspecified atom stereocenters. The topological polar surface area (TPSA) is 21.6 Å². The summed E-state index contributed by atoms with van der Waals surface area (Å²) in [5.74, 6) is 0.452. The zero-order valence-electron chi connectivity index (χ0n) is 4.10. The van der Waals surface area contributed by atoms with Crippen LogP contribution in [0.2, 0.25) is 0 Å². The fourth-order valence-corrected chi connectivity index (χ4v) is 0.748. The first-order valence-corrected chi connectivity index (χ1v) is 3.13. The quantitative estimate of drug-likeness (QED) is 0.520. The predicted octanol–water partition coefficient (Wildman–Crippen LogP) is 1.22. The van der Waals surface area contributed by atoms with Crippen LogP contribution in [0.15, 0.2) is 4.99 Å². The van der Waals surface area contributed by atoms with Crippen molar-refractivity contribution in [1.29, 1.82) is 0 Å². The van der Waals surface area contributed by atoms with E-state index < -0.39 is 4.84 Å². The summed E-state index contributed by atoms with van der Waals surface area (Å²) < 4.78 is 4.90. The van der Waals surface area contributed by atoms with Crippen molar-refractivity contribution in [2.75, 3.05) is 13.2 Å². The Hall–Kier alpha value is 0.0500. The van der Waals surface area contributed by atoms with Gasteiger partial charge in [0, 0.05) is 0 Å². The van der Waals surface area contributed by atoms with Gasteiger partial charge in [0.05, 0.1) is 6.54 Å². The lowest BCUT2D eigenvalue weighted by Gasteiger charge is -1.97. The molecule has 8 heavy (non-hydrogen) atoms. The summed E-state index contributed by atoms with van der Waals surface area (Å²) in [6, 6.07) is 0. The van der Waals surface area contributed by atoms with Gasteiger partial charge in [0.15, 0.2) is 4.84 Å². The van der Waals surface area contributed by atoms with E-state index in [0.717, 1.165) is 0 Å². The molecule has 0 saturated heterocycles. The molecule has 0 atom stereocenters. The first kappa shape index (κ1) is 6.17. The van der Waals surface area contributed by atoms with Crippen LogP contribution in [0.1, 0.15) is 0 Å². The first-order valence-electron chi connectivity index (χ1n) is 2.26. The second-order valence-electron chi connectivity index (χ2n) is 1.37. The van der Waals surface area contributed by atoms with E-state index in [-0.39, 0.29) is 0 Å². The van der Waals surface area contributed by atoms with E-state index in [1.54, 1.807) is 0 Å². The summed E-state index contributed by atoms with van der Waals surface area (Å²) in [5.41, 5.74) is 0. The van der Waals surface area contributed by atoms with E-state index in [1.807, 2.05) is 0 Å². The average molecular weight is 154 g/mol. The molecule has 4 heteroatoms. The van der Waals surface area contributed by atoms with E-state index in [4.69, 9.17) is 27.9 Å². The maximum atomic E-state index is 5.39. The third-order valence-corrected chi connectivity index (χ3v) is 1.17. The van der Waals surface area contributed by atoms with Crippen molar-refractivity contribution in [3.8, 4) is 0 Å². The Morgan fingerprint density at radius 2 is 2.38 bits per heavy atom.